The van der Waals surface area contributed by atoms with Crippen molar-refractivity contribution in [3.05, 3.63) is 0 Å². The van der Waals surface area contributed by atoms with Crippen LogP contribution in [0.15, 0.2) is 0 Å². The van der Waals surface area contributed by atoms with E-state index in [0.717, 1.165) is 0 Å². The number of halogens is 8. The zero-order chi connectivity index (χ0) is 13.2. The van der Waals surface area contributed by atoms with Gasteiger partial charge in [0.15, 0.2) is 0 Å². The number of hydrogen-bond acceptors (Lipinski definition) is 2. The number of hydrogen-bond donors (Lipinski definition) is 0. The minimum atomic E-state index is -6.86. The average Bonchev–Trinajstić information content (AvgIpc) is 2.07. The van der Waals surface area contributed by atoms with Crippen LogP contribution in [0.2, 0.25) is 0 Å². The van der Waals surface area contributed by atoms with Crippen LogP contribution in [0.5, 0.6) is 0 Å². The van der Waals surface area contributed by atoms with Gasteiger partial charge >= 0.3 is 16.7 Å². The summed E-state index contributed by atoms with van der Waals surface area (Å²) in [6.45, 7) is 0. The van der Waals surface area contributed by atoms with Gasteiger partial charge in [0.2, 0.25) is 0 Å². The maximum atomic E-state index is 12.9. The first-order valence-electron chi connectivity index (χ1n) is 3.46. The second kappa shape index (κ2) is 2.79. The second-order valence-electron chi connectivity index (χ2n) is 3.13. The maximum absolute atomic E-state index is 12.9. The van der Waals surface area contributed by atoms with Crippen molar-refractivity contribution in [2.24, 2.45) is 0 Å². The van der Waals surface area contributed by atoms with E-state index in [1.165, 1.54) is 0 Å². The minimum absolute atomic E-state index is 3.14. The summed E-state index contributed by atoms with van der Waals surface area (Å²) in [5.41, 5.74) is -5.78. The van der Waals surface area contributed by atoms with E-state index in [9.17, 15) is 43.5 Å². The number of rotatable bonds is 0. The van der Waals surface area contributed by atoms with E-state index < -0.39 is 38.6 Å². The fourth-order valence-electron chi connectivity index (χ4n) is 1.15. The number of alkyl halides is 8. The van der Waals surface area contributed by atoms with Crippen molar-refractivity contribution in [2.75, 3.05) is 0 Å². The summed E-state index contributed by atoms with van der Waals surface area (Å²) >= 11 is 0. The summed E-state index contributed by atoms with van der Waals surface area (Å²) in [4.78, 5) is 0. The van der Waals surface area contributed by atoms with Crippen LogP contribution < -0.4 is 0 Å². The monoisotopic (exact) mass is 278 g/mol. The molecule has 1 heterocycles. The molecule has 0 aromatic carbocycles. The molecule has 0 bridgehead atoms. The lowest BCUT2D eigenvalue weighted by Gasteiger charge is -2.26. The van der Waals surface area contributed by atoms with Gasteiger partial charge in [-0.05, 0) is 0 Å². The van der Waals surface area contributed by atoms with Crippen LogP contribution >= 0.6 is 0 Å². The van der Waals surface area contributed by atoms with Crippen molar-refractivity contribution in [3.8, 4) is 0 Å². The Morgan fingerprint density at radius 1 is 0.938 bits per heavy atom. The van der Waals surface area contributed by atoms with Gasteiger partial charge in [-0.15, -0.1) is 0 Å². The van der Waals surface area contributed by atoms with Crippen LogP contribution in [-0.4, -0.2) is 30.8 Å². The molecule has 0 radical (unpaired) electrons. The molecule has 1 aliphatic heterocycles. The third-order valence-electron chi connectivity index (χ3n) is 2.09. The topological polar surface area (TPSA) is 34.1 Å². The molecule has 1 aliphatic rings. The highest BCUT2D eigenvalue weighted by Crippen LogP contribution is 2.61. The fraction of sp³-hybridized carbons (Fsp3) is 1.00. The predicted octanol–water partition coefficient (Wildman–Crippen LogP) is 2.26. The van der Waals surface area contributed by atoms with Crippen molar-refractivity contribution in [1.29, 1.82) is 0 Å². The van der Waals surface area contributed by atoms with Crippen LogP contribution in [-0.2, 0) is 9.84 Å². The molecule has 16 heavy (non-hydrogen) atoms. The summed E-state index contributed by atoms with van der Waals surface area (Å²) in [7, 11) is -6.86. The summed E-state index contributed by atoms with van der Waals surface area (Å²) in [5.74, 6) is 0. The van der Waals surface area contributed by atoms with E-state index in [1.54, 1.807) is 0 Å². The van der Waals surface area contributed by atoms with Crippen molar-refractivity contribution >= 4 is 9.84 Å². The van der Waals surface area contributed by atoms with E-state index in [0.29, 0.717) is 0 Å². The van der Waals surface area contributed by atoms with Gasteiger partial charge in [0, 0.05) is 0 Å². The van der Waals surface area contributed by atoms with Crippen LogP contribution in [0, 0.1) is 0 Å². The fourth-order valence-corrected chi connectivity index (χ4v) is 2.53. The molecular weight excluding hydrogens is 276 g/mol. The predicted molar refractivity (Wildman–Crippen MR) is 33.3 cm³/mol. The highest BCUT2D eigenvalue weighted by Gasteiger charge is 2.88. The van der Waals surface area contributed by atoms with Crippen LogP contribution in [0.1, 0.15) is 6.42 Å². The van der Waals surface area contributed by atoms with Crippen molar-refractivity contribution in [2.45, 2.75) is 28.8 Å². The first kappa shape index (κ1) is 13.5. The molecule has 0 aromatic heterocycles. The zero-order valence-electron chi connectivity index (χ0n) is 6.96. The second-order valence-corrected chi connectivity index (χ2v) is 5.25. The molecule has 2 nitrogen and oxygen atoms in total. The first-order chi connectivity index (χ1) is 6.71. The SMILES string of the molecule is O=S1(=O)C(F)(F)CC(F)(C(F)(F)F)C1(F)F. The largest absolute Gasteiger partial charge is 0.429 e. The van der Waals surface area contributed by atoms with Gasteiger partial charge in [0.05, 0.1) is 6.42 Å². The third-order valence-corrected chi connectivity index (χ3v) is 4.02. The van der Waals surface area contributed by atoms with Gasteiger partial charge in [-0.25, -0.2) is 12.8 Å². The van der Waals surface area contributed by atoms with Crippen molar-refractivity contribution < 1.29 is 43.5 Å². The lowest BCUT2D eigenvalue weighted by Crippen LogP contribution is -2.53. The van der Waals surface area contributed by atoms with E-state index in [2.05, 4.69) is 0 Å². The Labute approximate surface area is 83.1 Å². The van der Waals surface area contributed by atoms with Gasteiger partial charge in [-0.3, -0.25) is 0 Å². The van der Waals surface area contributed by atoms with Gasteiger partial charge in [0.25, 0.3) is 15.5 Å². The normalized spacial score (nSPS) is 36.2. The smallest absolute Gasteiger partial charge is 0.225 e. The lowest BCUT2D eigenvalue weighted by molar-refractivity contribution is -0.280. The molecule has 11 heteroatoms. The van der Waals surface area contributed by atoms with Crippen LogP contribution in [0.4, 0.5) is 35.1 Å². The molecule has 0 spiro atoms. The zero-order valence-corrected chi connectivity index (χ0v) is 7.77. The first-order valence-corrected chi connectivity index (χ1v) is 4.94. The molecule has 1 saturated heterocycles. The molecule has 1 atom stereocenters. The summed E-state index contributed by atoms with van der Waals surface area (Å²) in [6.07, 6.45) is -9.55. The number of sulfone groups is 1. The lowest BCUT2D eigenvalue weighted by atomic mass is 10.0. The average molecular weight is 278 g/mol. The summed E-state index contributed by atoms with van der Waals surface area (Å²) in [6, 6.07) is 0. The van der Waals surface area contributed by atoms with Crippen molar-refractivity contribution in [3.63, 3.8) is 0 Å². The van der Waals surface area contributed by atoms with Crippen LogP contribution in [0.3, 0.4) is 0 Å². The molecular formula is C5H2F8O2S. The molecule has 1 rings (SSSR count). The van der Waals surface area contributed by atoms with Gasteiger partial charge < -0.3 is 0 Å². The minimum Gasteiger partial charge on any atom is -0.225 e. The quantitative estimate of drug-likeness (QED) is 0.637. The van der Waals surface area contributed by atoms with E-state index in [4.69, 9.17) is 0 Å². The Bertz CT molecular complexity index is 409. The van der Waals surface area contributed by atoms with Gasteiger partial charge in [-0.2, -0.15) is 30.7 Å². The molecule has 0 saturated carbocycles. The van der Waals surface area contributed by atoms with Gasteiger partial charge in [-0.1, -0.05) is 0 Å². The molecule has 1 fully saturated rings. The Morgan fingerprint density at radius 2 is 1.31 bits per heavy atom. The molecule has 0 aromatic rings. The molecule has 0 N–H and O–H groups in total. The molecule has 96 valence electrons. The Balaban J connectivity index is 3.54. The standard InChI is InChI=1S/C5H2F8O2S/c6-2(4(9,10)11)1-3(7,8)16(14,15)5(2,12)13/h1H2. The van der Waals surface area contributed by atoms with Crippen LogP contribution in [0.25, 0.3) is 0 Å². The molecule has 1 unspecified atom stereocenters. The highest BCUT2D eigenvalue weighted by molar-refractivity contribution is 7.93. The summed E-state index contributed by atoms with van der Waals surface area (Å²) < 4.78 is 119. The third kappa shape index (κ3) is 1.20. The van der Waals surface area contributed by atoms with Gasteiger partial charge in [0.1, 0.15) is 0 Å². The van der Waals surface area contributed by atoms with Crippen molar-refractivity contribution in [1.82, 2.24) is 0 Å². The Morgan fingerprint density at radius 3 is 1.44 bits per heavy atom. The summed E-state index contributed by atoms with van der Waals surface area (Å²) in [5, 5.41) is -11.7. The van der Waals surface area contributed by atoms with E-state index in [1.807, 2.05) is 0 Å². The Hall–Kier alpha value is -0.610. The molecule has 0 aliphatic carbocycles. The van der Waals surface area contributed by atoms with E-state index in [-0.39, 0.29) is 0 Å². The van der Waals surface area contributed by atoms with E-state index >= 15 is 0 Å². The maximum Gasteiger partial charge on any atom is 0.429 e. The Kier molecular flexibility index (Phi) is 2.35. The molecule has 0 amide bonds. The highest BCUT2D eigenvalue weighted by atomic mass is 32.2.